The van der Waals surface area contributed by atoms with Crippen molar-refractivity contribution in [2.45, 2.75) is 31.3 Å². The fourth-order valence-electron chi connectivity index (χ4n) is 2.64. The van der Waals surface area contributed by atoms with E-state index >= 15 is 0 Å². The number of nitrogens with two attached hydrogens (primary N) is 1. The predicted molar refractivity (Wildman–Crippen MR) is 66.7 cm³/mol. The average molecular weight is 262 g/mol. The Kier molecular flexibility index (Phi) is 4.04. The first-order chi connectivity index (χ1) is 8.03. The first-order valence-electron chi connectivity index (χ1n) is 6.21. The van der Waals surface area contributed by atoms with Gasteiger partial charge in [0.25, 0.3) is 10.2 Å². The number of likely N-dealkylation sites (tertiary alicyclic amines) is 1. The maximum Gasteiger partial charge on any atom is 0.279 e. The fraction of sp³-hybridized carbons (Fsp3) is 1.00. The van der Waals surface area contributed by atoms with Crippen LogP contribution in [0.1, 0.15) is 19.3 Å². The van der Waals surface area contributed by atoms with E-state index in [9.17, 15) is 8.42 Å². The molecule has 2 saturated heterocycles. The van der Waals surface area contributed by atoms with Crippen molar-refractivity contribution in [2.75, 3.05) is 33.2 Å². The zero-order valence-electron chi connectivity index (χ0n) is 10.3. The first-order valence-corrected chi connectivity index (χ1v) is 7.65. The summed E-state index contributed by atoms with van der Waals surface area (Å²) in [5.74, 6) is 0. The largest absolute Gasteiger partial charge is 0.328 e. The van der Waals surface area contributed by atoms with Gasteiger partial charge in [-0.15, -0.1) is 0 Å². The molecule has 1 atom stereocenters. The molecule has 0 bridgehead atoms. The molecular formula is C10H22N4O2S. The Labute approximate surface area is 103 Å². The molecule has 2 aliphatic rings. The number of hydrogen-bond acceptors (Lipinski definition) is 4. The number of nitrogens with zero attached hydrogens (tertiary/aromatic N) is 2. The van der Waals surface area contributed by atoms with Gasteiger partial charge in [0.15, 0.2) is 0 Å². The van der Waals surface area contributed by atoms with Gasteiger partial charge in [-0.3, -0.25) is 4.90 Å². The van der Waals surface area contributed by atoms with Crippen molar-refractivity contribution in [3.63, 3.8) is 0 Å². The van der Waals surface area contributed by atoms with Crippen molar-refractivity contribution in [3.8, 4) is 0 Å². The third-order valence-electron chi connectivity index (χ3n) is 3.81. The van der Waals surface area contributed by atoms with Gasteiger partial charge in [-0.25, -0.2) is 4.72 Å². The summed E-state index contributed by atoms with van der Waals surface area (Å²) in [5, 5.41) is 0. The van der Waals surface area contributed by atoms with Gasteiger partial charge in [0.05, 0.1) is 0 Å². The Morgan fingerprint density at radius 1 is 1.18 bits per heavy atom. The van der Waals surface area contributed by atoms with Crippen LogP contribution in [0.15, 0.2) is 0 Å². The van der Waals surface area contributed by atoms with Gasteiger partial charge in [-0.2, -0.15) is 12.7 Å². The van der Waals surface area contributed by atoms with E-state index in [-0.39, 0.29) is 0 Å². The molecule has 100 valence electrons. The molecule has 0 aromatic carbocycles. The highest BCUT2D eigenvalue weighted by Gasteiger charge is 2.34. The number of rotatable bonds is 3. The molecule has 2 fully saturated rings. The lowest BCUT2D eigenvalue weighted by molar-refractivity contribution is 0.159. The van der Waals surface area contributed by atoms with E-state index in [1.807, 2.05) is 0 Å². The summed E-state index contributed by atoms with van der Waals surface area (Å²) in [4.78, 5) is 2.38. The van der Waals surface area contributed by atoms with E-state index in [1.165, 1.54) is 11.4 Å². The zero-order valence-corrected chi connectivity index (χ0v) is 11.1. The Morgan fingerprint density at radius 3 is 2.41 bits per heavy atom. The van der Waals surface area contributed by atoms with Crippen molar-refractivity contribution < 1.29 is 8.42 Å². The molecule has 2 rings (SSSR count). The molecule has 0 aliphatic carbocycles. The van der Waals surface area contributed by atoms with Crippen LogP contribution >= 0.6 is 0 Å². The molecule has 7 heteroatoms. The Morgan fingerprint density at radius 2 is 1.82 bits per heavy atom. The highest BCUT2D eigenvalue weighted by Crippen LogP contribution is 2.21. The van der Waals surface area contributed by atoms with E-state index in [2.05, 4.69) is 9.62 Å². The number of piperidine rings is 1. The van der Waals surface area contributed by atoms with Crippen LogP contribution in [-0.4, -0.2) is 62.9 Å². The average Bonchev–Trinajstić information content (AvgIpc) is 2.80. The van der Waals surface area contributed by atoms with Crippen molar-refractivity contribution in [1.82, 2.24) is 13.9 Å². The minimum atomic E-state index is -3.25. The third-order valence-corrected chi connectivity index (χ3v) is 5.34. The van der Waals surface area contributed by atoms with Crippen molar-refractivity contribution in [2.24, 2.45) is 5.73 Å². The standard InChI is InChI=1S/C10H22N4O2S/c1-12-17(15,16)14-7-4-10(8-14)13-5-2-9(11)3-6-13/h9-10,12H,2-8,11H2,1H3. The highest BCUT2D eigenvalue weighted by atomic mass is 32.2. The molecule has 0 radical (unpaired) electrons. The third kappa shape index (κ3) is 2.97. The highest BCUT2D eigenvalue weighted by molar-refractivity contribution is 7.87. The summed E-state index contributed by atoms with van der Waals surface area (Å²) >= 11 is 0. The smallest absolute Gasteiger partial charge is 0.279 e. The summed E-state index contributed by atoms with van der Waals surface area (Å²) in [6.07, 6.45) is 2.97. The molecule has 2 heterocycles. The summed E-state index contributed by atoms with van der Waals surface area (Å²) < 4.78 is 27.2. The van der Waals surface area contributed by atoms with Crippen LogP contribution in [0.5, 0.6) is 0 Å². The second kappa shape index (κ2) is 5.19. The first kappa shape index (κ1) is 13.2. The van der Waals surface area contributed by atoms with E-state index in [0.29, 0.717) is 25.2 Å². The van der Waals surface area contributed by atoms with Crippen LogP contribution in [-0.2, 0) is 10.2 Å². The Bertz CT molecular complexity index is 351. The normalized spacial score (nSPS) is 29.9. The molecule has 0 saturated carbocycles. The number of hydrogen-bond donors (Lipinski definition) is 2. The van der Waals surface area contributed by atoms with E-state index in [1.54, 1.807) is 0 Å². The molecule has 3 N–H and O–H groups in total. The zero-order chi connectivity index (χ0) is 12.5. The topological polar surface area (TPSA) is 78.7 Å². The second-order valence-electron chi connectivity index (χ2n) is 4.88. The summed E-state index contributed by atoms with van der Waals surface area (Å²) in [7, 11) is -1.79. The number of nitrogens with one attached hydrogen (secondary N) is 1. The SMILES string of the molecule is CNS(=O)(=O)N1CCC(N2CCC(N)CC2)C1. The van der Waals surface area contributed by atoms with Crippen molar-refractivity contribution >= 4 is 10.2 Å². The molecule has 1 unspecified atom stereocenters. The second-order valence-corrected chi connectivity index (χ2v) is 6.76. The summed E-state index contributed by atoms with van der Waals surface area (Å²) in [6, 6.07) is 0.690. The van der Waals surface area contributed by atoms with Crippen LogP contribution in [0.2, 0.25) is 0 Å². The van der Waals surface area contributed by atoms with E-state index in [0.717, 1.165) is 32.4 Å². The summed E-state index contributed by atoms with van der Waals surface area (Å²) in [6.45, 7) is 3.23. The van der Waals surface area contributed by atoms with Gasteiger partial charge in [0.2, 0.25) is 0 Å². The monoisotopic (exact) mass is 262 g/mol. The van der Waals surface area contributed by atoms with Crippen molar-refractivity contribution in [3.05, 3.63) is 0 Å². The molecule has 2 aliphatic heterocycles. The lowest BCUT2D eigenvalue weighted by Crippen LogP contribution is -2.47. The fourth-order valence-corrected chi connectivity index (χ4v) is 3.61. The molecule has 0 amide bonds. The van der Waals surface area contributed by atoms with Crippen LogP contribution in [0.25, 0.3) is 0 Å². The van der Waals surface area contributed by atoms with Crippen LogP contribution < -0.4 is 10.5 Å². The molecule has 0 aromatic heterocycles. The quantitative estimate of drug-likeness (QED) is 0.680. The Hall–Kier alpha value is -0.210. The van der Waals surface area contributed by atoms with Gasteiger partial charge in [-0.1, -0.05) is 0 Å². The maximum atomic E-state index is 11.7. The lowest BCUT2D eigenvalue weighted by Gasteiger charge is -2.34. The summed E-state index contributed by atoms with van der Waals surface area (Å²) in [5.41, 5.74) is 5.87. The van der Waals surface area contributed by atoms with Crippen LogP contribution in [0.4, 0.5) is 0 Å². The van der Waals surface area contributed by atoms with E-state index < -0.39 is 10.2 Å². The van der Waals surface area contributed by atoms with Crippen LogP contribution in [0.3, 0.4) is 0 Å². The lowest BCUT2D eigenvalue weighted by atomic mass is 10.0. The van der Waals surface area contributed by atoms with Gasteiger partial charge in [0, 0.05) is 32.2 Å². The van der Waals surface area contributed by atoms with Crippen LogP contribution in [0, 0.1) is 0 Å². The van der Waals surface area contributed by atoms with Gasteiger partial charge in [0.1, 0.15) is 0 Å². The van der Waals surface area contributed by atoms with Gasteiger partial charge in [-0.05, 0) is 32.4 Å². The Balaban J connectivity index is 1.90. The van der Waals surface area contributed by atoms with E-state index in [4.69, 9.17) is 5.73 Å². The minimum Gasteiger partial charge on any atom is -0.328 e. The molecule has 0 aromatic rings. The van der Waals surface area contributed by atoms with Crippen molar-refractivity contribution in [1.29, 1.82) is 0 Å². The maximum absolute atomic E-state index is 11.7. The molecular weight excluding hydrogens is 240 g/mol. The van der Waals surface area contributed by atoms with Gasteiger partial charge >= 0.3 is 0 Å². The predicted octanol–water partition coefficient (Wildman–Crippen LogP) is -1.05. The molecule has 17 heavy (non-hydrogen) atoms. The van der Waals surface area contributed by atoms with Gasteiger partial charge < -0.3 is 5.73 Å². The molecule has 0 spiro atoms. The molecule has 6 nitrogen and oxygen atoms in total. The minimum absolute atomic E-state index is 0.324.